The van der Waals surface area contributed by atoms with Gasteiger partial charge in [0.1, 0.15) is 5.82 Å². The van der Waals surface area contributed by atoms with Gasteiger partial charge in [0.15, 0.2) is 0 Å². The third-order valence-electron chi connectivity index (χ3n) is 1.91. The predicted molar refractivity (Wildman–Crippen MR) is 66.0 cm³/mol. The first-order valence-corrected chi connectivity index (χ1v) is 6.39. The summed E-state index contributed by atoms with van der Waals surface area (Å²) in [5, 5.41) is 4.93. The zero-order valence-electron chi connectivity index (χ0n) is 9.33. The number of halogens is 1. The number of hydrogen-bond donors (Lipinski definition) is 2. The molecule has 17 heavy (non-hydrogen) atoms. The number of benzene rings is 1. The smallest absolute Gasteiger partial charge is 0.319 e. The molecule has 0 spiro atoms. The molecular formula is C11H13FN2O2S. The van der Waals surface area contributed by atoms with Gasteiger partial charge in [-0.05, 0) is 18.2 Å². The van der Waals surface area contributed by atoms with Gasteiger partial charge in [0.05, 0.1) is 15.7 Å². The van der Waals surface area contributed by atoms with Crippen LogP contribution in [0.2, 0.25) is 0 Å². The molecule has 2 N–H and O–H groups in total. The summed E-state index contributed by atoms with van der Waals surface area (Å²) < 4.78 is 24.5. The summed E-state index contributed by atoms with van der Waals surface area (Å²) in [7, 11) is -1.38. The van der Waals surface area contributed by atoms with E-state index in [1.807, 2.05) is 0 Å². The number of anilines is 1. The van der Waals surface area contributed by atoms with Crippen molar-refractivity contribution in [2.24, 2.45) is 0 Å². The third kappa shape index (κ3) is 3.99. The maximum absolute atomic E-state index is 13.4. The van der Waals surface area contributed by atoms with E-state index in [2.05, 4.69) is 17.2 Å². The molecule has 0 saturated heterocycles. The Labute approximate surface area is 101 Å². The number of carbonyl (C=O) groups is 1. The predicted octanol–water partition coefficient (Wildman–Crippen LogP) is 1.87. The zero-order valence-corrected chi connectivity index (χ0v) is 10.1. The van der Waals surface area contributed by atoms with E-state index in [0.29, 0.717) is 12.2 Å². The first kappa shape index (κ1) is 13.4. The van der Waals surface area contributed by atoms with Crippen LogP contribution in [0, 0.1) is 5.82 Å². The van der Waals surface area contributed by atoms with E-state index in [1.165, 1.54) is 24.5 Å². The topological polar surface area (TPSA) is 58.2 Å². The van der Waals surface area contributed by atoms with Crippen molar-refractivity contribution >= 4 is 22.5 Å². The second-order valence-corrected chi connectivity index (χ2v) is 4.57. The SMILES string of the molecule is C=CCNC(=O)Nc1ccc(S(C)=O)c(F)c1. The van der Waals surface area contributed by atoms with Gasteiger partial charge in [-0.25, -0.2) is 9.18 Å². The summed E-state index contributed by atoms with van der Waals surface area (Å²) in [5.41, 5.74) is 0.304. The lowest BCUT2D eigenvalue weighted by molar-refractivity contribution is 0.253. The fraction of sp³-hybridized carbons (Fsp3) is 0.182. The second-order valence-electron chi connectivity index (χ2n) is 3.22. The molecule has 6 heteroatoms. The van der Waals surface area contributed by atoms with Gasteiger partial charge in [-0.2, -0.15) is 0 Å². The molecule has 92 valence electrons. The Bertz CT molecular complexity index is 463. The van der Waals surface area contributed by atoms with Crippen LogP contribution in [0.25, 0.3) is 0 Å². The Kier molecular flexibility index (Phi) is 4.84. The van der Waals surface area contributed by atoms with Crippen LogP contribution in [-0.2, 0) is 10.8 Å². The number of hydrogen-bond acceptors (Lipinski definition) is 2. The van der Waals surface area contributed by atoms with Gasteiger partial charge in [0, 0.05) is 18.5 Å². The summed E-state index contributed by atoms with van der Waals surface area (Å²) in [4.78, 5) is 11.4. The van der Waals surface area contributed by atoms with Crippen LogP contribution in [0.1, 0.15) is 0 Å². The normalized spacial score (nSPS) is 11.6. The molecule has 0 radical (unpaired) electrons. The number of rotatable bonds is 4. The fourth-order valence-corrected chi connectivity index (χ4v) is 1.75. The molecule has 1 rings (SSSR count). The Morgan fingerprint density at radius 3 is 2.82 bits per heavy atom. The highest BCUT2D eigenvalue weighted by Crippen LogP contribution is 2.16. The number of carbonyl (C=O) groups excluding carboxylic acids is 1. The van der Waals surface area contributed by atoms with Crippen LogP contribution in [-0.4, -0.2) is 23.0 Å². The molecule has 1 aromatic carbocycles. The van der Waals surface area contributed by atoms with Crippen LogP contribution in [0.5, 0.6) is 0 Å². The number of urea groups is 1. The lowest BCUT2D eigenvalue weighted by Crippen LogP contribution is -2.28. The Morgan fingerprint density at radius 2 is 2.29 bits per heavy atom. The molecule has 1 aromatic rings. The van der Waals surface area contributed by atoms with Crippen LogP contribution in [0.15, 0.2) is 35.7 Å². The van der Waals surface area contributed by atoms with Crippen molar-refractivity contribution in [1.29, 1.82) is 0 Å². The van der Waals surface area contributed by atoms with Crippen LogP contribution < -0.4 is 10.6 Å². The van der Waals surface area contributed by atoms with E-state index in [9.17, 15) is 13.4 Å². The van der Waals surface area contributed by atoms with Crippen molar-refractivity contribution in [3.63, 3.8) is 0 Å². The molecule has 0 aromatic heterocycles. The summed E-state index contributed by atoms with van der Waals surface area (Å²) >= 11 is 0. The van der Waals surface area contributed by atoms with Gasteiger partial charge in [0.2, 0.25) is 0 Å². The maximum atomic E-state index is 13.4. The minimum Gasteiger partial charge on any atom is -0.334 e. The van der Waals surface area contributed by atoms with Crippen LogP contribution >= 0.6 is 0 Å². The molecule has 2 amide bonds. The van der Waals surface area contributed by atoms with Crippen molar-refractivity contribution in [2.45, 2.75) is 4.90 Å². The maximum Gasteiger partial charge on any atom is 0.319 e. The quantitative estimate of drug-likeness (QED) is 0.808. The average molecular weight is 256 g/mol. The van der Waals surface area contributed by atoms with Gasteiger partial charge in [-0.3, -0.25) is 4.21 Å². The van der Waals surface area contributed by atoms with Gasteiger partial charge in [-0.1, -0.05) is 6.08 Å². The highest BCUT2D eigenvalue weighted by Gasteiger charge is 2.08. The van der Waals surface area contributed by atoms with E-state index in [0.717, 1.165) is 6.07 Å². The first-order valence-electron chi connectivity index (χ1n) is 4.83. The summed E-state index contributed by atoms with van der Waals surface area (Å²) in [6.45, 7) is 3.77. The Hall–Kier alpha value is -1.69. The Balaban J connectivity index is 2.74. The molecule has 4 nitrogen and oxygen atoms in total. The standard InChI is InChI=1S/C11H13FN2O2S/c1-3-6-13-11(15)14-8-4-5-10(17(2)16)9(12)7-8/h3-5,7H,1,6H2,2H3,(H2,13,14,15). The average Bonchev–Trinajstić information content (AvgIpc) is 2.26. The van der Waals surface area contributed by atoms with E-state index < -0.39 is 22.6 Å². The van der Waals surface area contributed by atoms with Gasteiger partial charge in [0.25, 0.3) is 0 Å². The third-order valence-corrected chi connectivity index (χ3v) is 2.86. The monoisotopic (exact) mass is 256 g/mol. The molecule has 1 atom stereocenters. The molecule has 0 heterocycles. The van der Waals surface area contributed by atoms with Crippen LogP contribution in [0.3, 0.4) is 0 Å². The first-order chi connectivity index (χ1) is 8.04. The summed E-state index contributed by atoms with van der Waals surface area (Å²) in [5.74, 6) is -0.604. The molecule has 0 fully saturated rings. The lowest BCUT2D eigenvalue weighted by atomic mass is 10.3. The molecular weight excluding hydrogens is 243 g/mol. The number of nitrogens with one attached hydrogen (secondary N) is 2. The molecule has 0 aliphatic carbocycles. The summed E-state index contributed by atoms with van der Waals surface area (Å²) in [6.07, 6.45) is 2.92. The lowest BCUT2D eigenvalue weighted by Gasteiger charge is -2.07. The molecule has 0 aliphatic heterocycles. The van der Waals surface area contributed by atoms with Crippen molar-refractivity contribution in [3.05, 3.63) is 36.7 Å². The molecule has 0 saturated carbocycles. The van der Waals surface area contributed by atoms with Crippen molar-refractivity contribution < 1.29 is 13.4 Å². The van der Waals surface area contributed by atoms with Crippen molar-refractivity contribution in [3.8, 4) is 0 Å². The Morgan fingerprint density at radius 1 is 1.59 bits per heavy atom. The largest absolute Gasteiger partial charge is 0.334 e. The molecule has 0 bridgehead atoms. The molecule has 0 aliphatic rings. The minimum atomic E-state index is -1.38. The highest BCUT2D eigenvalue weighted by molar-refractivity contribution is 7.84. The fourth-order valence-electron chi connectivity index (χ4n) is 1.15. The van der Waals surface area contributed by atoms with Crippen LogP contribution in [0.4, 0.5) is 14.9 Å². The van der Waals surface area contributed by atoms with Crippen molar-refractivity contribution in [2.75, 3.05) is 18.1 Å². The minimum absolute atomic E-state index is 0.113. The van der Waals surface area contributed by atoms with E-state index in [1.54, 1.807) is 0 Å². The number of amides is 2. The van der Waals surface area contributed by atoms with Gasteiger partial charge >= 0.3 is 6.03 Å². The molecule has 1 unspecified atom stereocenters. The van der Waals surface area contributed by atoms with E-state index >= 15 is 0 Å². The second kappa shape index (κ2) is 6.15. The van der Waals surface area contributed by atoms with E-state index in [-0.39, 0.29) is 4.90 Å². The van der Waals surface area contributed by atoms with Gasteiger partial charge in [-0.15, -0.1) is 6.58 Å². The van der Waals surface area contributed by atoms with Gasteiger partial charge < -0.3 is 10.6 Å². The summed E-state index contributed by atoms with van der Waals surface area (Å²) in [6, 6.07) is 3.56. The van der Waals surface area contributed by atoms with E-state index in [4.69, 9.17) is 0 Å². The zero-order chi connectivity index (χ0) is 12.8. The highest BCUT2D eigenvalue weighted by atomic mass is 32.2. The van der Waals surface area contributed by atoms with Crippen molar-refractivity contribution in [1.82, 2.24) is 5.32 Å².